The number of fused-ring (bicyclic) bond motifs is 2. The molecule has 0 amide bonds. The number of rotatable bonds is 9. The van der Waals surface area contributed by atoms with Gasteiger partial charge in [0.05, 0.1) is 0 Å². The Kier molecular flexibility index (Phi) is 6.42. The second-order valence-electron chi connectivity index (χ2n) is 16.4. The summed E-state index contributed by atoms with van der Waals surface area (Å²) in [5.41, 5.74) is 11.3. The van der Waals surface area contributed by atoms with Crippen LogP contribution in [0.5, 0.6) is 0 Å². The Balaban J connectivity index is 1.56. The van der Waals surface area contributed by atoms with Crippen LogP contribution in [0.1, 0.15) is 62.2 Å². The zero-order valence-electron chi connectivity index (χ0n) is 25.4. The standard InChI is InChI=1S/2C15H11.C6H13.3CH3.Hf.H2Si/c2*1-2-6-12(7-3-1)14-10-4-8-13-9-5-11-15(13)14;1-3-5-6-4-2;;;;;/h2*1-11H;1,3-6H2,2H3;3*1H3;;1H2. The van der Waals surface area contributed by atoms with Crippen LogP contribution in [-0.4, -0.2) is 6.94 Å². The molecule has 2 aliphatic carbocycles. The molecular weight excluding hydrogens is 675 g/mol. The van der Waals surface area contributed by atoms with E-state index in [9.17, 15) is 0 Å². The molecule has 0 fully saturated rings. The van der Waals surface area contributed by atoms with Gasteiger partial charge in [-0.05, 0) is 0 Å². The van der Waals surface area contributed by atoms with Gasteiger partial charge in [-0.1, -0.05) is 0 Å². The summed E-state index contributed by atoms with van der Waals surface area (Å²) < 4.78 is 10.7. The first-order valence-electron chi connectivity index (χ1n) is 15.8. The van der Waals surface area contributed by atoms with Crippen molar-refractivity contribution in [3.8, 4) is 22.3 Å². The fraction of sp³-hybridized carbons (Fsp3) is 0.282. The third-order valence-corrected chi connectivity index (χ3v) is 57.4. The van der Waals surface area contributed by atoms with E-state index in [0.29, 0.717) is 7.35 Å². The monoisotopic (exact) mass is 722 g/mol. The number of hydrogen-bond donors (Lipinski definition) is 0. The Morgan fingerprint density at radius 2 is 1.02 bits per heavy atom. The fourth-order valence-corrected chi connectivity index (χ4v) is 48.0. The molecule has 0 saturated heterocycles. The zero-order chi connectivity index (χ0) is 28.8. The van der Waals surface area contributed by atoms with Crippen LogP contribution in [0.25, 0.3) is 34.4 Å². The molecule has 2 atom stereocenters. The van der Waals surface area contributed by atoms with Gasteiger partial charge in [0.25, 0.3) is 0 Å². The quantitative estimate of drug-likeness (QED) is 0.119. The minimum absolute atomic E-state index is 0.443. The van der Waals surface area contributed by atoms with E-state index in [1.165, 1.54) is 63.2 Å². The average Bonchev–Trinajstić information content (AvgIpc) is 3.63. The molecule has 2 heteroatoms. The molecule has 0 aromatic heterocycles. The zero-order valence-corrected chi connectivity index (χ0v) is 30.5. The summed E-state index contributed by atoms with van der Waals surface area (Å²) in [5, 5.41) is 0. The first-order chi connectivity index (χ1) is 19.5. The van der Waals surface area contributed by atoms with Gasteiger partial charge in [0.1, 0.15) is 0 Å². The van der Waals surface area contributed by atoms with Crippen LogP contribution < -0.4 is 0 Å². The van der Waals surface area contributed by atoms with Crippen LogP contribution in [-0.2, 0) is 14.2 Å². The van der Waals surface area contributed by atoms with Crippen LogP contribution >= 0.6 is 0 Å². The van der Waals surface area contributed by atoms with Crippen molar-refractivity contribution in [1.82, 2.24) is 0 Å². The van der Waals surface area contributed by atoms with Crippen LogP contribution in [0, 0.1) is 0 Å². The van der Waals surface area contributed by atoms with Crippen molar-refractivity contribution >= 4 is 19.1 Å². The van der Waals surface area contributed by atoms with Crippen LogP contribution in [0.2, 0.25) is 18.2 Å². The van der Waals surface area contributed by atoms with Crippen molar-refractivity contribution in [3.63, 3.8) is 0 Å². The topological polar surface area (TPSA) is 0 Å². The third-order valence-electron chi connectivity index (χ3n) is 11.4. The maximum atomic E-state index is 2.84. The Bertz CT molecular complexity index is 1680. The molecule has 2 aliphatic rings. The summed E-state index contributed by atoms with van der Waals surface area (Å²) in [4.78, 5) is 0. The first kappa shape index (κ1) is 28.6. The molecule has 4 aromatic rings. The molecule has 210 valence electrons. The molecule has 0 radical (unpaired) electrons. The normalized spacial score (nSPS) is 20.0. The molecule has 4 aromatic carbocycles. The molecular formula is C39H46HfSi. The summed E-state index contributed by atoms with van der Waals surface area (Å²) in [5.74, 6) is 0. The molecule has 41 heavy (non-hydrogen) atoms. The second kappa shape index (κ2) is 9.22. The average molecular weight is 721 g/mol. The molecule has 6 rings (SSSR count). The van der Waals surface area contributed by atoms with E-state index in [4.69, 9.17) is 0 Å². The molecule has 0 bridgehead atoms. The van der Waals surface area contributed by atoms with E-state index in [1.54, 1.807) is 11.1 Å². The SMILES string of the molecule is CCCCC[CH2][Hf]([CH3])([CH3])([CH3])(=[SiH2])([CH]1C=Cc2c(-c3ccccc3)cccc21)[CH]1C=Cc2c(-c3ccccc3)cccc21. The van der Waals surface area contributed by atoms with Gasteiger partial charge in [-0.3, -0.25) is 0 Å². The van der Waals surface area contributed by atoms with Crippen molar-refractivity contribution in [2.45, 2.75) is 58.2 Å². The van der Waals surface area contributed by atoms with Crippen molar-refractivity contribution in [1.29, 1.82) is 0 Å². The van der Waals surface area contributed by atoms with Gasteiger partial charge in [-0.25, -0.2) is 0 Å². The number of benzene rings is 4. The first-order valence-corrected chi connectivity index (χ1v) is 41.6. The van der Waals surface area contributed by atoms with Crippen LogP contribution in [0.3, 0.4) is 0 Å². The van der Waals surface area contributed by atoms with Gasteiger partial charge in [0, 0.05) is 0 Å². The third kappa shape index (κ3) is 4.57. The Labute approximate surface area is 243 Å². The summed E-state index contributed by atoms with van der Waals surface area (Å²) in [7, 11) is 0. The van der Waals surface area contributed by atoms with Crippen molar-refractivity contribution in [2.24, 2.45) is 0 Å². The Morgan fingerprint density at radius 1 is 0.561 bits per heavy atom. The van der Waals surface area contributed by atoms with Crippen molar-refractivity contribution < 1.29 is 14.2 Å². The molecule has 0 heterocycles. The van der Waals surface area contributed by atoms with E-state index < -0.39 is 14.2 Å². The van der Waals surface area contributed by atoms with Gasteiger partial charge in [-0.15, -0.1) is 0 Å². The van der Waals surface area contributed by atoms with E-state index in [-0.39, 0.29) is 0 Å². The summed E-state index contributed by atoms with van der Waals surface area (Å²) in [6.07, 6.45) is 15.5. The predicted molar refractivity (Wildman–Crippen MR) is 182 cm³/mol. The minimum atomic E-state index is -4.89. The molecule has 0 aliphatic heterocycles. The maximum absolute atomic E-state index is 4.89. The van der Waals surface area contributed by atoms with E-state index >= 15 is 0 Å². The second-order valence-corrected chi connectivity index (χ2v) is 98.2. The molecule has 0 nitrogen and oxygen atoms in total. The van der Waals surface area contributed by atoms with Crippen molar-refractivity contribution in [2.75, 3.05) is 0 Å². The van der Waals surface area contributed by atoms with E-state index in [0.717, 1.165) is 0 Å². The van der Waals surface area contributed by atoms with Gasteiger partial charge in [0.15, 0.2) is 0 Å². The van der Waals surface area contributed by atoms with Crippen LogP contribution in [0.4, 0.5) is 0 Å². The predicted octanol–water partition coefficient (Wildman–Crippen LogP) is 11.3. The Hall–Kier alpha value is -2.55. The number of hydrogen-bond acceptors (Lipinski definition) is 0. The summed E-state index contributed by atoms with van der Waals surface area (Å²) in [6.45, 7) is 4.84. The summed E-state index contributed by atoms with van der Waals surface area (Å²) in [6, 6.07) is 36.1. The van der Waals surface area contributed by atoms with E-state index in [2.05, 4.69) is 149 Å². The van der Waals surface area contributed by atoms with Gasteiger partial charge < -0.3 is 0 Å². The summed E-state index contributed by atoms with van der Waals surface area (Å²) >= 11 is -4.89. The molecule has 0 saturated carbocycles. The fourth-order valence-electron chi connectivity index (χ4n) is 8.84. The van der Waals surface area contributed by atoms with Gasteiger partial charge in [-0.2, -0.15) is 0 Å². The Morgan fingerprint density at radius 3 is 1.46 bits per heavy atom. The van der Waals surface area contributed by atoms with Gasteiger partial charge in [0.2, 0.25) is 0 Å². The number of unbranched alkanes of at least 4 members (excludes halogenated alkanes) is 3. The number of allylic oxidation sites excluding steroid dienone is 2. The van der Waals surface area contributed by atoms with E-state index in [1.807, 2.05) is 0 Å². The molecule has 0 N–H and O–H groups in total. The molecule has 2 unspecified atom stereocenters. The molecule has 0 spiro atoms. The van der Waals surface area contributed by atoms with Gasteiger partial charge >= 0.3 is 245 Å². The van der Waals surface area contributed by atoms with Crippen molar-refractivity contribution in [3.05, 3.63) is 131 Å². The van der Waals surface area contributed by atoms with Crippen LogP contribution in [0.15, 0.2) is 109 Å².